The van der Waals surface area contributed by atoms with E-state index in [9.17, 15) is 9.59 Å². The van der Waals surface area contributed by atoms with Crippen LogP contribution in [0.3, 0.4) is 0 Å². The number of amides is 1. The van der Waals surface area contributed by atoms with E-state index in [0.29, 0.717) is 25.7 Å². The molecular formula is C14H16BNO2. The van der Waals surface area contributed by atoms with Gasteiger partial charge in [0.2, 0.25) is 5.91 Å². The Labute approximate surface area is 107 Å². The Balaban J connectivity index is 2.04. The van der Waals surface area contributed by atoms with Gasteiger partial charge in [-0.15, -0.1) is 0 Å². The Kier molecular flexibility index (Phi) is 2.54. The minimum atomic E-state index is -0.435. The number of Topliss-reactive ketones (excluding diaryl/α,β-unsaturated/α-hetero) is 1. The summed E-state index contributed by atoms with van der Waals surface area (Å²) in [4.78, 5) is 23.7. The van der Waals surface area contributed by atoms with Crippen LogP contribution in [0.15, 0.2) is 18.2 Å². The fraction of sp³-hybridized carbons (Fsp3) is 0.429. The molecule has 18 heavy (non-hydrogen) atoms. The van der Waals surface area contributed by atoms with E-state index in [1.165, 1.54) is 5.46 Å². The second-order valence-corrected chi connectivity index (χ2v) is 5.31. The second-order valence-electron chi connectivity index (χ2n) is 5.31. The monoisotopic (exact) mass is 241 g/mol. The lowest BCUT2D eigenvalue weighted by atomic mass is 9.68. The zero-order chi connectivity index (χ0) is 12.8. The number of benzene rings is 1. The first kappa shape index (κ1) is 11.5. The minimum Gasteiger partial charge on any atom is -0.325 e. The minimum absolute atomic E-state index is 0.0817. The quantitative estimate of drug-likeness (QED) is 0.749. The van der Waals surface area contributed by atoms with E-state index in [1.54, 1.807) is 0 Å². The highest BCUT2D eigenvalue weighted by molar-refractivity contribution is 6.52. The Hall–Kier alpha value is -1.58. The third-order valence-electron chi connectivity index (χ3n) is 4.35. The van der Waals surface area contributed by atoms with Crippen molar-refractivity contribution in [3.05, 3.63) is 23.8 Å². The molecule has 1 fully saturated rings. The van der Waals surface area contributed by atoms with Crippen molar-refractivity contribution in [3.63, 3.8) is 0 Å². The first-order valence-corrected chi connectivity index (χ1v) is 6.62. The van der Waals surface area contributed by atoms with Gasteiger partial charge in [0.25, 0.3) is 0 Å². The smallest absolute Gasteiger partial charge is 0.235 e. The van der Waals surface area contributed by atoms with E-state index in [2.05, 4.69) is 30.3 Å². The topological polar surface area (TPSA) is 46.2 Å². The second kappa shape index (κ2) is 3.97. The molecule has 1 N–H and O–H groups in total. The van der Waals surface area contributed by atoms with Gasteiger partial charge >= 0.3 is 0 Å². The molecule has 0 unspecified atom stereocenters. The third kappa shape index (κ3) is 1.52. The maximum atomic E-state index is 12.3. The number of fused-ring (bicyclic) bond motifs is 2. The summed E-state index contributed by atoms with van der Waals surface area (Å²) in [6.45, 7) is 2.10. The molecule has 1 aromatic carbocycles. The molecular weight excluding hydrogens is 225 g/mol. The number of hydrogen-bond donors (Lipinski definition) is 1. The summed E-state index contributed by atoms with van der Waals surface area (Å²) in [7, 11) is 0.967. The van der Waals surface area contributed by atoms with Crippen LogP contribution >= 0.6 is 0 Å². The van der Waals surface area contributed by atoms with Crippen molar-refractivity contribution in [1.82, 2.24) is 0 Å². The third-order valence-corrected chi connectivity index (χ3v) is 4.35. The fourth-order valence-electron chi connectivity index (χ4n) is 3.15. The van der Waals surface area contributed by atoms with Crippen molar-refractivity contribution < 1.29 is 9.59 Å². The van der Waals surface area contributed by atoms with Gasteiger partial charge in [0.05, 0.1) is 5.41 Å². The lowest BCUT2D eigenvalue weighted by Crippen LogP contribution is -2.38. The molecule has 1 spiro atoms. The number of anilines is 1. The van der Waals surface area contributed by atoms with Gasteiger partial charge in [0, 0.05) is 18.5 Å². The van der Waals surface area contributed by atoms with Crippen molar-refractivity contribution in [2.75, 3.05) is 5.32 Å². The Bertz CT molecular complexity index is 529. The van der Waals surface area contributed by atoms with E-state index >= 15 is 0 Å². The van der Waals surface area contributed by atoms with Crippen LogP contribution in [0.5, 0.6) is 0 Å². The molecule has 92 valence electrons. The van der Waals surface area contributed by atoms with Crippen LogP contribution in [-0.2, 0) is 15.0 Å². The number of rotatable bonds is 1. The lowest BCUT2D eigenvalue weighted by molar-refractivity contribution is -0.126. The standard InChI is InChI=1S/C14H16BNO2/c1-15-9-2-3-11-12(8-9)16-13(18)14(11)6-4-10(17)5-7-14/h2-3,8,15H,4-7H2,1H3,(H,16,18). The number of hydrogen-bond acceptors (Lipinski definition) is 2. The Morgan fingerprint density at radius 1 is 1.22 bits per heavy atom. The predicted octanol–water partition coefficient (Wildman–Crippen LogP) is 1.13. The van der Waals surface area contributed by atoms with Crippen molar-refractivity contribution in [2.24, 2.45) is 0 Å². The molecule has 0 radical (unpaired) electrons. The Morgan fingerprint density at radius 2 is 1.94 bits per heavy atom. The summed E-state index contributed by atoms with van der Waals surface area (Å²) in [5.41, 5.74) is 2.85. The number of ketones is 1. The van der Waals surface area contributed by atoms with Crippen molar-refractivity contribution in [1.29, 1.82) is 0 Å². The van der Waals surface area contributed by atoms with Crippen molar-refractivity contribution in [3.8, 4) is 0 Å². The molecule has 2 aliphatic rings. The maximum Gasteiger partial charge on any atom is 0.235 e. The molecule has 1 heterocycles. The van der Waals surface area contributed by atoms with Crippen LogP contribution in [0.4, 0.5) is 5.69 Å². The summed E-state index contributed by atoms with van der Waals surface area (Å²) in [5.74, 6) is 0.366. The average Bonchev–Trinajstić information content (AvgIpc) is 2.65. The zero-order valence-electron chi connectivity index (χ0n) is 10.6. The van der Waals surface area contributed by atoms with Crippen LogP contribution in [0.2, 0.25) is 6.82 Å². The first-order valence-electron chi connectivity index (χ1n) is 6.62. The normalized spacial score (nSPS) is 20.7. The molecule has 1 aliphatic carbocycles. The number of carbonyl (C=O) groups excluding carboxylic acids is 2. The maximum absolute atomic E-state index is 12.3. The highest BCUT2D eigenvalue weighted by atomic mass is 16.2. The van der Waals surface area contributed by atoms with E-state index in [0.717, 1.165) is 18.5 Å². The summed E-state index contributed by atoms with van der Waals surface area (Å²) in [6.07, 6.45) is 2.39. The van der Waals surface area contributed by atoms with Gasteiger partial charge in [-0.2, -0.15) is 0 Å². The highest BCUT2D eigenvalue weighted by Gasteiger charge is 2.48. The summed E-state index contributed by atoms with van der Waals surface area (Å²) in [6, 6.07) is 6.23. The highest BCUT2D eigenvalue weighted by Crippen LogP contribution is 2.46. The molecule has 4 heteroatoms. The van der Waals surface area contributed by atoms with E-state index in [1.807, 2.05) is 0 Å². The summed E-state index contributed by atoms with van der Waals surface area (Å²) >= 11 is 0. The Morgan fingerprint density at radius 3 is 2.61 bits per heavy atom. The number of carbonyl (C=O) groups is 2. The van der Waals surface area contributed by atoms with Gasteiger partial charge in [0.1, 0.15) is 5.78 Å². The van der Waals surface area contributed by atoms with Gasteiger partial charge in [-0.3, -0.25) is 9.59 Å². The molecule has 3 nitrogen and oxygen atoms in total. The first-order chi connectivity index (χ1) is 8.65. The molecule has 0 aromatic heterocycles. The van der Waals surface area contributed by atoms with Crippen LogP contribution in [-0.4, -0.2) is 19.0 Å². The fourth-order valence-corrected chi connectivity index (χ4v) is 3.15. The lowest BCUT2D eigenvalue weighted by Gasteiger charge is -2.30. The molecule has 1 saturated carbocycles. The van der Waals surface area contributed by atoms with Crippen LogP contribution in [0, 0.1) is 0 Å². The van der Waals surface area contributed by atoms with Crippen LogP contribution in [0.1, 0.15) is 31.2 Å². The molecule has 1 amide bonds. The molecule has 0 saturated heterocycles. The largest absolute Gasteiger partial charge is 0.325 e. The van der Waals surface area contributed by atoms with Gasteiger partial charge < -0.3 is 5.32 Å². The van der Waals surface area contributed by atoms with Gasteiger partial charge in [-0.25, -0.2) is 0 Å². The van der Waals surface area contributed by atoms with Gasteiger partial charge in [-0.05, 0) is 24.5 Å². The molecule has 0 atom stereocenters. The SMILES string of the molecule is CBc1ccc2c(c1)NC(=O)C21CCC(=O)CC1. The molecule has 1 aliphatic heterocycles. The molecule has 0 bridgehead atoms. The van der Waals surface area contributed by atoms with Gasteiger partial charge in [0.15, 0.2) is 7.28 Å². The van der Waals surface area contributed by atoms with E-state index < -0.39 is 5.41 Å². The van der Waals surface area contributed by atoms with E-state index in [4.69, 9.17) is 0 Å². The predicted molar refractivity (Wildman–Crippen MR) is 72.9 cm³/mol. The summed E-state index contributed by atoms with van der Waals surface area (Å²) in [5, 5.41) is 3.00. The van der Waals surface area contributed by atoms with Crippen molar-refractivity contribution >= 4 is 30.1 Å². The zero-order valence-corrected chi connectivity index (χ0v) is 10.6. The average molecular weight is 241 g/mol. The number of nitrogens with one attached hydrogen (secondary N) is 1. The van der Waals surface area contributed by atoms with Crippen LogP contribution in [0.25, 0.3) is 0 Å². The summed E-state index contributed by atoms with van der Waals surface area (Å²) < 4.78 is 0. The molecule has 1 aromatic rings. The van der Waals surface area contributed by atoms with E-state index in [-0.39, 0.29) is 11.7 Å². The van der Waals surface area contributed by atoms with Gasteiger partial charge in [-0.1, -0.05) is 24.4 Å². The molecule has 3 rings (SSSR count). The van der Waals surface area contributed by atoms with Crippen LogP contribution < -0.4 is 10.8 Å². The van der Waals surface area contributed by atoms with Crippen molar-refractivity contribution in [2.45, 2.75) is 37.9 Å².